The first kappa shape index (κ1) is 14.8. The molecule has 0 saturated heterocycles. The van der Waals surface area contributed by atoms with Crippen LogP contribution in [0.3, 0.4) is 0 Å². The smallest absolute Gasteiger partial charge is 0.146 e. The minimum atomic E-state index is -0.279. The van der Waals surface area contributed by atoms with E-state index in [0.717, 1.165) is 11.1 Å². The van der Waals surface area contributed by atoms with Crippen LogP contribution in [0, 0.1) is 12.7 Å². The Morgan fingerprint density at radius 1 is 1.15 bits per heavy atom. The Morgan fingerprint density at radius 2 is 1.85 bits per heavy atom. The van der Waals surface area contributed by atoms with Crippen LogP contribution >= 0.6 is 11.6 Å². The van der Waals surface area contributed by atoms with Crippen LogP contribution in [0.25, 0.3) is 0 Å². The van der Waals surface area contributed by atoms with Crippen molar-refractivity contribution in [3.05, 3.63) is 58.4 Å². The Morgan fingerprint density at radius 3 is 2.45 bits per heavy atom. The van der Waals surface area contributed by atoms with E-state index in [4.69, 9.17) is 16.3 Å². The number of nitrogens with one attached hydrogen (secondary N) is 1. The topological polar surface area (TPSA) is 21.3 Å². The first-order valence-corrected chi connectivity index (χ1v) is 6.79. The Hall–Kier alpha value is -1.58. The molecule has 1 unspecified atom stereocenters. The zero-order valence-corrected chi connectivity index (χ0v) is 12.5. The lowest BCUT2D eigenvalue weighted by Crippen LogP contribution is -2.12. The van der Waals surface area contributed by atoms with E-state index in [0.29, 0.717) is 16.5 Å². The molecule has 1 atom stereocenters. The van der Waals surface area contributed by atoms with Gasteiger partial charge in [0.1, 0.15) is 17.3 Å². The van der Waals surface area contributed by atoms with Gasteiger partial charge >= 0.3 is 0 Å². The molecular weight excluding hydrogens is 277 g/mol. The third-order valence-electron chi connectivity index (χ3n) is 3.25. The third-order valence-corrected chi connectivity index (χ3v) is 3.54. The quantitative estimate of drug-likeness (QED) is 0.869. The van der Waals surface area contributed by atoms with Crippen molar-refractivity contribution >= 4 is 11.6 Å². The van der Waals surface area contributed by atoms with Crippen LogP contribution in [0.1, 0.15) is 24.1 Å². The highest BCUT2D eigenvalue weighted by Gasteiger charge is 2.09. The van der Waals surface area contributed by atoms with Gasteiger partial charge in [-0.25, -0.2) is 4.39 Å². The molecule has 106 valence electrons. The van der Waals surface area contributed by atoms with Crippen molar-refractivity contribution in [3.8, 4) is 11.5 Å². The number of rotatable bonds is 4. The lowest BCUT2D eigenvalue weighted by atomic mass is 10.1. The van der Waals surface area contributed by atoms with Crippen LogP contribution in [0.2, 0.25) is 5.02 Å². The molecule has 20 heavy (non-hydrogen) atoms. The fourth-order valence-electron chi connectivity index (χ4n) is 1.88. The number of halogens is 2. The largest absolute Gasteiger partial charge is 0.456 e. The van der Waals surface area contributed by atoms with E-state index < -0.39 is 0 Å². The van der Waals surface area contributed by atoms with Crippen LogP contribution in [0.5, 0.6) is 11.5 Å². The minimum Gasteiger partial charge on any atom is -0.456 e. The van der Waals surface area contributed by atoms with E-state index in [1.54, 1.807) is 13.0 Å². The fraction of sp³-hybridized carbons (Fsp3) is 0.250. The van der Waals surface area contributed by atoms with Crippen molar-refractivity contribution in [2.75, 3.05) is 7.05 Å². The Labute approximate surface area is 123 Å². The number of benzene rings is 2. The number of hydrogen-bond donors (Lipinski definition) is 1. The van der Waals surface area contributed by atoms with Gasteiger partial charge in [-0.3, -0.25) is 0 Å². The van der Waals surface area contributed by atoms with Gasteiger partial charge in [0.15, 0.2) is 0 Å². The summed E-state index contributed by atoms with van der Waals surface area (Å²) in [6.45, 7) is 3.85. The fourth-order valence-corrected chi connectivity index (χ4v) is 2.11. The van der Waals surface area contributed by atoms with Crippen molar-refractivity contribution in [2.24, 2.45) is 0 Å². The van der Waals surface area contributed by atoms with Crippen molar-refractivity contribution in [1.29, 1.82) is 0 Å². The van der Waals surface area contributed by atoms with Gasteiger partial charge in [-0.1, -0.05) is 17.7 Å². The molecule has 2 aromatic rings. The van der Waals surface area contributed by atoms with Gasteiger partial charge in [-0.2, -0.15) is 0 Å². The van der Waals surface area contributed by atoms with Gasteiger partial charge < -0.3 is 10.1 Å². The molecule has 2 rings (SSSR count). The molecule has 0 aliphatic rings. The molecule has 0 amide bonds. The molecule has 0 aliphatic carbocycles. The average molecular weight is 294 g/mol. The van der Waals surface area contributed by atoms with Crippen molar-refractivity contribution < 1.29 is 9.13 Å². The van der Waals surface area contributed by atoms with Gasteiger partial charge in [-0.15, -0.1) is 0 Å². The molecule has 0 heterocycles. The summed E-state index contributed by atoms with van der Waals surface area (Å²) < 4.78 is 18.8. The molecule has 4 heteroatoms. The average Bonchev–Trinajstić information content (AvgIpc) is 2.42. The zero-order valence-electron chi connectivity index (χ0n) is 11.7. The standard InChI is InChI=1S/C16H17ClFNO/c1-10-8-13(18)5-7-15(10)20-16-6-4-12(9-14(16)17)11(2)19-3/h4-9,11,19H,1-3H3. The summed E-state index contributed by atoms with van der Waals surface area (Å²) in [5.41, 5.74) is 1.81. The Kier molecular flexibility index (Phi) is 4.63. The van der Waals surface area contributed by atoms with Crippen molar-refractivity contribution in [2.45, 2.75) is 19.9 Å². The Balaban J connectivity index is 2.25. The molecular formula is C16H17ClFNO. The Bertz CT molecular complexity index is 615. The first-order valence-electron chi connectivity index (χ1n) is 6.42. The second kappa shape index (κ2) is 6.25. The third kappa shape index (κ3) is 3.30. The summed E-state index contributed by atoms with van der Waals surface area (Å²) in [4.78, 5) is 0. The molecule has 0 fully saturated rings. The highest BCUT2D eigenvalue weighted by Crippen LogP contribution is 2.33. The van der Waals surface area contributed by atoms with Crippen LogP contribution < -0.4 is 10.1 Å². The van der Waals surface area contributed by atoms with Crippen LogP contribution in [0.4, 0.5) is 4.39 Å². The second-order valence-corrected chi connectivity index (χ2v) is 5.12. The molecule has 0 saturated carbocycles. The van der Waals surface area contributed by atoms with Gasteiger partial charge in [0.05, 0.1) is 5.02 Å². The second-order valence-electron chi connectivity index (χ2n) is 4.71. The van der Waals surface area contributed by atoms with Gasteiger partial charge in [0.2, 0.25) is 0 Å². The van der Waals surface area contributed by atoms with E-state index in [1.807, 2.05) is 25.2 Å². The maximum Gasteiger partial charge on any atom is 0.146 e. The molecule has 2 aromatic carbocycles. The molecule has 0 radical (unpaired) electrons. The number of hydrogen-bond acceptors (Lipinski definition) is 2. The van der Waals surface area contributed by atoms with Crippen molar-refractivity contribution in [3.63, 3.8) is 0 Å². The minimum absolute atomic E-state index is 0.217. The summed E-state index contributed by atoms with van der Waals surface area (Å²) in [5, 5.41) is 3.69. The number of ether oxygens (including phenoxy) is 1. The maximum absolute atomic E-state index is 13.1. The summed E-state index contributed by atoms with van der Waals surface area (Å²) in [6, 6.07) is 10.3. The molecule has 0 aromatic heterocycles. The maximum atomic E-state index is 13.1. The lowest BCUT2D eigenvalue weighted by Gasteiger charge is -2.14. The van der Waals surface area contributed by atoms with Crippen LogP contribution in [-0.2, 0) is 0 Å². The van der Waals surface area contributed by atoms with Crippen LogP contribution in [0.15, 0.2) is 36.4 Å². The number of aryl methyl sites for hydroxylation is 1. The zero-order chi connectivity index (χ0) is 14.7. The van der Waals surface area contributed by atoms with E-state index in [1.165, 1.54) is 12.1 Å². The summed E-state index contributed by atoms with van der Waals surface area (Å²) in [5.74, 6) is 0.885. The predicted octanol–water partition coefficient (Wildman–Crippen LogP) is 4.86. The van der Waals surface area contributed by atoms with E-state index >= 15 is 0 Å². The van der Waals surface area contributed by atoms with Crippen LogP contribution in [-0.4, -0.2) is 7.05 Å². The molecule has 0 bridgehead atoms. The van der Waals surface area contributed by atoms with Gasteiger partial charge in [0.25, 0.3) is 0 Å². The lowest BCUT2D eigenvalue weighted by molar-refractivity contribution is 0.476. The molecule has 0 aliphatic heterocycles. The molecule has 0 spiro atoms. The normalized spacial score (nSPS) is 12.2. The molecule has 2 nitrogen and oxygen atoms in total. The summed E-state index contributed by atoms with van der Waals surface area (Å²) in [7, 11) is 1.89. The van der Waals surface area contributed by atoms with Gasteiger partial charge in [0, 0.05) is 6.04 Å². The predicted molar refractivity (Wildman–Crippen MR) is 80.1 cm³/mol. The highest BCUT2D eigenvalue weighted by atomic mass is 35.5. The highest BCUT2D eigenvalue weighted by molar-refractivity contribution is 6.32. The van der Waals surface area contributed by atoms with Crippen molar-refractivity contribution in [1.82, 2.24) is 5.32 Å². The summed E-state index contributed by atoms with van der Waals surface area (Å²) in [6.07, 6.45) is 0. The SMILES string of the molecule is CNC(C)c1ccc(Oc2ccc(F)cc2C)c(Cl)c1. The van der Waals surface area contributed by atoms with Gasteiger partial charge in [-0.05, 0) is 62.4 Å². The monoisotopic (exact) mass is 293 g/mol. The van der Waals surface area contributed by atoms with E-state index in [9.17, 15) is 4.39 Å². The molecule has 1 N–H and O–H groups in total. The van der Waals surface area contributed by atoms with E-state index in [2.05, 4.69) is 12.2 Å². The first-order chi connectivity index (χ1) is 9.51. The van der Waals surface area contributed by atoms with E-state index in [-0.39, 0.29) is 11.9 Å². The summed E-state index contributed by atoms with van der Waals surface area (Å²) >= 11 is 6.24.